The van der Waals surface area contributed by atoms with Crippen LogP contribution in [0.1, 0.15) is 0 Å². The number of anilines is 1. The molecule has 0 fully saturated rings. The molecule has 2 aromatic heterocycles. The van der Waals surface area contributed by atoms with Crippen LogP contribution in [-0.4, -0.2) is 40.9 Å². The molecule has 22 heavy (non-hydrogen) atoms. The van der Waals surface area contributed by atoms with Crippen molar-refractivity contribution in [3.63, 3.8) is 0 Å². The number of hydrogen-bond donors (Lipinski definition) is 1. The number of fused-ring (bicyclic) bond motifs is 1. The van der Waals surface area contributed by atoms with E-state index in [0.29, 0.717) is 23.0 Å². The van der Waals surface area contributed by atoms with Crippen LogP contribution in [0, 0.1) is 0 Å². The molecular weight excluding hydrogens is 286 g/mol. The number of nitrogens with two attached hydrogens (primary N) is 1. The first-order chi connectivity index (χ1) is 10.7. The van der Waals surface area contributed by atoms with Gasteiger partial charge in [0.25, 0.3) is 5.78 Å². The summed E-state index contributed by atoms with van der Waals surface area (Å²) >= 11 is 0. The van der Waals surface area contributed by atoms with Gasteiger partial charge in [-0.05, 0) is 18.2 Å². The second-order valence-electron chi connectivity index (χ2n) is 4.43. The third-order valence-corrected chi connectivity index (χ3v) is 3.22. The fraction of sp³-hybridized carbons (Fsp3) is 0.214. The van der Waals surface area contributed by atoms with Crippen LogP contribution in [0.2, 0.25) is 0 Å². The standard InChI is InChI=1S/C14H15N5O3/c1-20-10-6-8(7-11(21-2)12(10)22-3)9-4-5-16-14-17-13(15)18-19(9)14/h4-7H,1-3H3,(H2,15,18). The summed E-state index contributed by atoms with van der Waals surface area (Å²) in [6, 6.07) is 5.46. The van der Waals surface area contributed by atoms with Crippen LogP contribution >= 0.6 is 0 Å². The van der Waals surface area contributed by atoms with Crippen molar-refractivity contribution in [2.75, 3.05) is 27.1 Å². The average molecular weight is 301 g/mol. The molecule has 2 N–H and O–H groups in total. The molecule has 8 nitrogen and oxygen atoms in total. The van der Waals surface area contributed by atoms with Crippen LogP contribution in [0.25, 0.3) is 17.0 Å². The van der Waals surface area contributed by atoms with Gasteiger partial charge in [-0.15, -0.1) is 5.10 Å². The Balaban J connectivity index is 2.26. The topological polar surface area (TPSA) is 96.8 Å². The van der Waals surface area contributed by atoms with E-state index in [0.717, 1.165) is 11.3 Å². The molecule has 8 heteroatoms. The van der Waals surface area contributed by atoms with Gasteiger partial charge in [-0.2, -0.15) is 9.50 Å². The molecule has 3 aromatic rings. The van der Waals surface area contributed by atoms with Crippen LogP contribution in [0.15, 0.2) is 24.4 Å². The summed E-state index contributed by atoms with van der Waals surface area (Å²) in [5, 5.41) is 4.15. The molecule has 1 aromatic carbocycles. The van der Waals surface area contributed by atoms with E-state index >= 15 is 0 Å². The maximum atomic E-state index is 5.64. The zero-order chi connectivity index (χ0) is 15.7. The summed E-state index contributed by atoms with van der Waals surface area (Å²) in [4.78, 5) is 8.18. The lowest BCUT2D eigenvalue weighted by molar-refractivity contribution is 0.324. The number of methoxy groups -OCH3 is 3. The minimum atomic E-state index is 0.160. The number of benzene rings is 1. The molecule has 0 amide bonds. The molecule has 0 radical (unpaired) electrons. The third-order valence-electron chi connectivity index (χ3n) is 3.22. The minimum Gasteiger partial charge on any atom is -0.493 e. The van der Waals surface area contributed by atoms with Crippen LogP contribution < -0.4 is 19.9 Å². The number of hydrogen-bond acceptors (Lipinski definition) is 7. The fourth-order valence-corrected chi connectivity index (χ4v) is 2.26. The van der Waals surface area contributed by atoms with Crippen LogP contribution in [-0.2, 0) is 0 Å². The van der Waals surface area contributed by atoms with Gasteiger partial charge in [-0.3, -0.25) is 0 Å². The van der Waals surface area contributed by atoms with E-state index in [2.05, 4.69) is 15.1 Å². The predicted octanol–water partition coefficient (Wildman–Crippen LogP) is 1.40. The van der Waals surface area contributed by atoms with E-state index in [-0.39, 0.29) is 5.95 Å². The Labute approximate surface area is 126 Å². The van der Waals surface area contributed by atoms with Gasteiger partial charge in [0.1, 0.15) is 0 Å². The monoisotopic (exact) mass is 301 g/mol. The largest absolute Gasteiger partial charge is 0.493 e. The summed E-state index contributed by atoms with van der Waals surface area (Å²) in [5.41, 5.74) is 7.21. The lowest BCUT2D eigenvalue weighted by Gasteiger charge is -2.14. The number of rotatable bonds is 4. The van der Waals surface area contributed by atoms with Crippen LogP contribution in [0.3, 0.4) is 0 Å². The highest BCUT2D eigenvalue weighted by Crippen LogP contribution is 2.41. The maximum Gasteiger partial charge on any atom is 0.254 e. The van der Waals surface area contributed by atoms with E-state index in [1.165, 1.54) is 0 Å². The second-order valence-corrected chi connectivity index (χ2v) is 4.43. The van der Waals surface area contributed by atoms with Crippen LogP contribution in [0.4, 0.5) is 5.95 Å². The molecule has 0 unspecified atom stereocenters. The molecule has 0 spiro atoms. The molecule has 0 atom stereocenters. The number of nitrogens with zero attached hydrogens (tertiary/aromatic N) is 4. The molecule has 0 aliphatic rings. The van der Waals surface area contributed by atoms with Crippen molar-refractivity contribution in [1.29, 1.82) is 0 Å². The summed E-state index contributed by atoms with van der Waals surface area (Å²) in [5.74, 6) is 2.21. The number of ether oxygens (including phenoxy) is 3. The Hall–Kier alpha value is -3.03. The van der Waals surface area contributed by atoms with Gasteiger partial charge >= 0.3 is 0 Å². The smallest absolute Gasteiger partial charge is 0.254 e. The van der Waals surface area contributed by atoms with Gasteiger partial charge < -0.3 is 19.9 Å². The van der Waals surface area contributed by atoms with Gasteiger partial charge in [-0.1, -0.05) is 0 Å². The molecule has 0 bridgehead atoms. The van der Waals surface area contributed by atoms with Crippen molar-refractivity contribution in [1.82, 2.24) is 19.6 Å². The first-order valence-electron chi connectivity index (χ1n) is 6.45. The maximum absolute atomic E-state index is 5.64. The molecule has 2 heterocycles. The number of nitrogen functional groups attached to an aromatic ring is 1. The Morgan fingerprint density at radius 3 is 2.32 bits per heavy atom. The van der Waals surface area contributed by atoms with E-state index in [1.54, 1.807) is 32.0 Å². The summed E-state index contributed by atoms with van der Waals surface area (Å²) in [7, 11) is 4.69. The van der Waals surface area contributed by atoms with Gasteiger partial charge in [0.2, 0.25) is 11.7 Å². The van der Waals surface area contributed by atoms with Crippen molar-refractivity contribution >= 4 is 11.7 Å². The molecule has 0 saturated carbocycles. The fourth-order valence-electron chi connectivity index (χ4n) is 2.26. The predicted molar refractivity (Wildman–Crippen MR) is 80.3 cm³/mol. The van der Waals surface area contributed by atoms with Gasteiger partial charge in [-0.25, -0.2) is 4.98 Å². The quantitative estimate of drug-likeness (QED) is 0.777. The molecule has 114 valence electrons. The van der Waals surface area contributed by atoms with Gasteiger partial charge in [0.15, 0.2) is 11.5 Å². The zero-order valence-corrected chi connectivity index (χ0v) is 12.4. The van der Waals surface area contributed by atoms with Crippen molar-refractivity contribution in [3.8, 4) is 28.5 Å². The van der Waals surface area contributed by atoms with Crippen molar-refractivity contribution in [2.24, 2.45) is 0 Å². The molecule has 0 saturated heterocycles. The molecule has 0 aliphatic heterocycles. The summed E-state index contributed by atoms with van der Waals surface area (Å²) in [6.45, 7) is 0. The first kappa shape index (κ1) is 13.9. The minimum absolute atomic E-state index is 0.160. The summed E-state index contributed by atoms with van der Waals surface area (Å²) in [6.07, 6.45) is 1.64. The van der Waals surface area contributed by atoms with Crippen LogP contribution in [0.5, 0.6) is 17.2 Å². The van der Waals surface area contributed by atoms with Gasteiger partial charge in [0, 0.05) is 11.8 Å². The summed E-state index contributed by atoms with van der Waals surface area (Å²) < 4.78 is 17.6. The zero-order valence-electron chi connectivity index (χ0n) is 12.4. The highest BCUT2D eigenvalue weighted by atomic mass is 16.5. The molecule has 0 aliphatic carbocycles. The Morgan fingerprint density at radius 2 is 1.73 bits per heavy atom. The molecular formula is C14H15N5O3. The van der Waals surface area contributed by atoms with E-state index in [4.69, 9.17) is 19.9 Å². The van der Waals surface area contributed by atoms with Crippen molar-refractivity contribution in [3.05, 3.63) is 24.4 Å². The van der Waals surface area contributed by atoms with E-state index < -0.39 is 0 Å². The van der Waals surface area contributed by atoms with E-state index in [9.17, 15) is 0 Å². The van der Waals surface area contributed by atoms with Gasteiger partial charge in [0.05, 0.1) is 27.0 Å². The average Bonchev–Trinajstić information content (AvgIpc) is 2.93. The normalized spacial score (nSPS) is 10.7. The Morgan fingerprint density at radius 1 is 1.05 bits per heavy atom. The lowest BCUT2D eigenvalue weighted by Crippen LogP contribution is -1.99. The number of aromatic nitrogens is 4. The second kappa shape index (κ2) is 5.40. The van der Waals surface area contributed by atoms with Crippen molar-refractivity contribution < 1.29 is 14.2 Å². The highest BCUT2D eigenvalue weighted by molar-refractivity contribution is 5.69. The van der Waals surface area contributed by atoms with E-state index in [1.807, 2.05) is 18.2 Å². The third kappa shape index (κ3) is 2.14. The first-order valence-corrected chi connectivity index (χ1v) is 6.45. The molecule has 3 rings (SSSR count). The van der Waals surface area contributed by atoms with Crippen molar-refractivity contribution in [2.45, 2.75) is 0 Å². The SMILES string of the molecule is COc1cc(-c2ccnc3nc(N)nn23)cc(OC)c1OC. The highest BCUT2D eigenvalue weighted by Gasteiger charge is 2.16. The Bertz CT molecular complexity index is 805. The Kier molecular flexibility index (Phi) is 3.42. The lowest BCUT2D eigenvalue weighted by atomic mass is 10.1.